The molecule has 3 rings (SSSR count). The highest BCUT2D eigenvalue weighted by Crippen LogP contribution is 2.43. The molecule has 1 aromatic rings. The van der Waals surface area contributed by atoms with Crippen molar-refractivity contribution in [2.24, 2.45) is 5.41 Å². The second kappa shape index (κ2) is 6.93. The molecule has 1 atom stereocenters. The smallest absolute Gasteiger partial charge is 0.326 e. The van der Waals surface area contributed by atoms with Crippen LogP contribution in [-0.2, 0) is 16.0 Å². The molecule has 1 N–H and O–H groups in total. The van der Waals surface area contributed by atoms with Gasteiger partial charge in [0.15, 0.2) is 0 Å². The molecule has 0 radical (unpaired) electrons. The Balaban J connectivity index is 1.54. The van der Waals surface area contributed by atoms with E-state index in [1.165, 1.54) is 12.5 Å². The number of carbonyl (C=O) groups is 2. The summed E-state index contributed by atoms with van der Waals surface area (Å²) < 4.78 is 0. The number of carboxylic acids is 1. The van der Waals surface area contributed by atoms with E-state index < -0.39 is 12.0 Å². The van der Waals surface area contributed by atoms with Crippen LogP contribution in [0.4, 0.5) is 0 Å². The number of piperidine rings is 1. The van der Waals surface area contributed by atoms with Gasteiger partial charge in [-0.05, 0) is 49.8 Å². The van der Waals surface area contributed by atoms with Crippen molar-refractivity contribution in [3.63, 3.8) is 0 Å². The maximum absolute atomic E-state index is 11.8. The second-order valence-electron chi connectivity index (χ2n) is 7.28. The lowest BCUT2D eigenvalue weighted by Gasteiger charge is -2.39. The average molecular weight is 330 g/mol. The summed E-state index contributed by atoms with van der Waals surface area (Å²) in [6.07, 6.45) is 3.62. The Morgan fingerprint density at radius 1 is 1.21 bits per heavy atom. The topological polar surface area (TPSA) is 60.9 Å². The van der Waals surface area contributed by atoms with Crippen LogP contribution in [0.15, 0.2) is 30.3 Å². The Kier molecular flexibility index (Phi) is 4.90. The minimum atomic E-state index is -0.867. The summed E-state index contributed by atoms with van der Waals surface area (Å²) in [7, 11) is 0. The minimum absolute atomic E-state index is 0.00201. The molecule has 24 heavy (non-hydrogen) atoms. The van der Waals surface area contributed by atoms with Crippen molar-refractivity contribution in [2.75, 3.05) is 26.2 Å². The predicted octanol–water partition coefficient (Wildman–Crippen LogP) is 2.02. The molecular formula is C19H26N2O3. The first-order chi connectivity index (χ1) is 11.5. The minimum Gasteiger partial charge on any atom is -0.480 e. The van der Waals surface area contributed by atoms with Crippen LogP contribution in [0, 0.1) is 5.41 Å². The van der Waals surface area contributed by atoms with E-state index in [9.17, 15) is 14.7 Å². The zero-order chi connectivity index (χ0) is 17.2. The van der Waals surface area contributed by atoms with E-state index in [0.717, 1.165) is 38.9 Å². The summed E-state index contributed by atoms with van der Waals surface area (Å²) >= 11 is 0. The number of carbonyl (C=O) groups excluding carboxylic acids is 1. The Hall–Kier alpha value is -1.88. The highest BCUT2D eigenvalue weighted by Gasteiger charge is 2.48. The fourth-order valence-corrected chi connectivity index (χ4v) is 4.15. The standard InChI is InChI=1S/C19H26N2O3/c1-15(22)21-14-19(13-17(21)18(23)24)8-11-20(12-9-19)10-7-16-5-3-2-4-6-16/h2-6,17H,7-14H2,1H3,(H,23,24). The quantitative estimate of drug-likeness (QED) is 0.917. The van der Waals surface area contributed by atoms with Crippen molar-refractivity contribution in [2.45, 2.75) is 38.6 Å². The number of amides is 1. The van der Waals surface area contributed by atoms with E-state index in [-0.39, 0.29) is 11.3 Å². The highest BCUT2D eigenvalue weighted by molar-refractivity contribution is 5.83. The molecule has 1 aromatic carbocycles. The van der Waals surface area contributed by atoms with E-state index in [1.807, 2.05) is 6.07 Å². The van der Waals surface area contributed by atoms with Crippen LogP contribution in [0.1, 0.15) is 31.7 Å². The van der Waals surface area contributed by atoms with Gasteiger partial charge in [0.2, 0.25) is 5.91 Å². The Bertz CT molecular complexity index is 570. The molecule has 0 bridgehead atoms. The summed E-state index contributed by atoms with van der Waals surface area (Å²) in [5.41, 5.74) is 1.35. The zero-order valence-electron chi connectivity index (χ0n) is 14.3. The summed E-state index contributed by atoms with van der Waals surface area (Å²) in [5.74, 6) is -0.987. The van der Waals surface area contributed by atoms with E-state index >= 15 is 0 Å². The van der Waals surface area contributed by atoms with Gasteiger partial charge < -0.3 is 14.9 Å². The van der Waals surface area contributed by atoms with Crippen molar-refractivity contribution in [1.82, 2.24) is 9.80 Å². The Labute approximate surface area is 143 Å². The molecule has 1 unspecified atom stereocenters. The van der Waals surface area contributed by atoms with Gasteiger partial charge in [-0.1, -0.05) is 30.3 Å². The number of rotatable bonds is 4. The third kappa shape index (κ3) is 3.61. The van der Waals surface area contributed by atoms with Crippen LogP contribution in [0.5, 0.6) is 0 Å². The van der Waals surface area contributed by atoms with Crippen LogP contribution in [0.25, 0.3) is 0 Å². The number of likely N-dealkylation sites (tertiary alicyclic amines) is 2. The number of benzene rings is 1. The number of hydrogen-bond donors (Lipinski definition) is 1. The SMILES string of the molecule is CC(=O)N1CC2(CCN(CCc3ccccc3)CC2)CC1C(=O)O. The highest BCUT2D eigenvalue weighted by atomic mass is 16.4. The molecular weight excluding hydrogens is 304 g/mol. The first kappa shape index (κ1) is 17.0. The first-order valence-electron chi connectivity index (χ1n) is 8.75. The molecule has 5 nitrogen and oxygen atoms in total. The van der Waals surface area contributed by atoms with Crippen LogP contribution >= 0.6 is 0 Å². The largest absolute Gasteiger partial charge is 0.480 e. The van der Waals surface area contributed by atoms with Gasteiger partial charge in [0.05, 0.1) is 0 Å². The Morgan fingerprint density at radius 2 is 1.88 bits per heavy atom. The van der Waals surface area contributed by atoms with Gasteiger partial charge >= 0.3 is 5.97 Å². The molecule has 5 heteroatoms. The lowest BCUT2D eigenvalue weighted by atomic mass is 9.76. The van der Waals surface area contributed by atoms with Gasteiger partial charge in [0, 0.05) is 20.0 Å². The molecule has 2 aliphatic heterocycles. The maximum atomic E-state index is 11.8. The van der Waals surface area contributed by atoms with Gasteiger partial charge in [-0.3, -0.25) is 4.79 Å². The predicted molar refractivity (Wildman–Crippen MR) is 91.7 cm³/mol. The number of carboxylic acid groups (broad SMARTS) is 1. The van der Waals surface area contributed by atoms with Gasteiger partial charge in [-0.25, -0.2) is 4.79 Å². The van der Waals surface area contributed by atoms with Crippen molar-refractivity contribution in [3.05, 3.63) is 35.9 Å². The van der Waals surface area contributed by atoms with Gasteiger partial charge in [-0.15, -0.1) is 0 Å². The van der Waals surface area contributed by atoms with Crippen LogP contribution in [0.2, 0.25) is 0 Å². The van der Waals surface area contributed by atoms with Crippen molar-refractivity contribution >= 4 is 11.9 Å². The molecule has 0 aromatic heterocycles. The van der Waals surface area contributed by atoms with Gasteiger partial charge in [0.25, 0.3) is 0 Å². The molecule has 2 fully saturated rings. The average Bonchev–Trinajstić information content (AvgIpc) is 2.96. The fourth-order valence-electron chi connectivity index (χ4n) is 4.15. The van der Waals surface area contributed by atoms with E-state index in [0.29, 0.717) is 13.0 Å². The number of hydrogen-bond acceptors (Lipinski definition) is 3. The summed E-state index contributed by atoms with van der Waals surface area (Å²) in [5, 5.41) is 9.40. The summed E-state index contributed by atoms with van der Waals surface area (Å²) in [6.45, 7) is 5.10. The lowest BCUT2D eigenvalue weighted by Crippen LogP contribution is -2.43. The van der Waals surface area contributed by atoms with Crippen molar-refractivity contribution in [3.8, 4) is 0 Å². The van der Waals surface area contributed by atoms with Gasteiger partial charge in [0.1, 0.15) is 6.04 Å². The maximum Gasteiger partial charge on any atom is 0.326 e. The van der Waals surface area contributed by atoms with Crippen molar-refractivity contribution in [1.29, 1.82) is 0 Å². The van der Waals surface area contributed by atoms with E-state index in [1.54, 1.807) is 4.90 Å². The lowest BCUT2D eigenvalue weighted by molar-refractivity contribution is -0.147. The summed E-state index contributed by atoms with van der Waals surface area (Å²) in [6, 6.07) is 9.85. The van der Waals surface area contributed by atoms with Crippen LogP contribution < -0.4 is 0 Å². The normalized spacial score (nSPS) is 23.5. The van der Waals surface area contributed by atoms with E-state index in [4.69, 9.17) is 0 Å². The molecule has 2 heterocycles. The van der Waals surface area contributed by atoms with Gasteiger partial charge in [-0.2, -0.15) is 0 Å². The molecule has 1 amide bonds. The number of nitrogens with zero attached hydrogens (tertiary/aromatic N) is 2. The van der Waals surface area contributed by atoms with Crippen molar-refractivity contribution < 1.29 is 14.7 Å². The molecule has 2 aliphatic rings. The monoisotopic (exact) mass is 330 g/mol. The molecule has 130 valence electrons. The summed E-state index contributed by atoms with van der Waals surface area (Å²) in [4.78, 5) is 27.2. The molecule has 1 spiro atoms. The first-order valence-corrected chi connectivity index (χ1v) is 8.75. The molecule has 0 aliphatic carbocycles. The molecule has 2 saturated heterocycles. The zero-order valence-corrected chi connectivity index (χ0v) is 14.3. The molecule has 0 saturated carbocycles. The van der Waals surface area contributed by atoms with E-state index in [2.05, 4.69) is 29.2 Å². The second-order valence-corrected chi connectivity index (χ2v) is 7.28. The van der Waals surface area contributed by atoms with Crippen LogP contribution in [0.3, 0.4) is 0 Å². The third-order valence-electron chi connectivity index (χ3n) is 5.67. The number of aliphatic carboxylic acids is 1. The van der Waals surface area contributed by atoms with Crippen LogP contribution in [-0.4, -0.2) is 59.0 Å². The fraction of sp³-hybridized carbons (Fsp3) is 0.579. The Morgan fingerprint density at radius 3 is 2.42 bits per heavy atom. The third-order valence-corrected chi connectivity index (χ3v) is 5.67.